The molecule has 0 heterocycles. The highest BCUT2D eigenvalue weighted by molar-refractivity contribution is 7.57. The number of hydrazine groups is 2. The predicted molar refractivity (Wildman–Crippen MR) is 55.3 cm³/mol. The summed E-state index contributed by atoms with van der Waals surface area (Å²) < 4.78 is 11.9. The highest BCUT2D eigenvalue weighted by Crippen LogP contribution is 2.39. The lowest BCUT2D eigenvalue weighted by Gasteiger charge is -2.22. The molecule has 0 aliphatic rings. The van der Waals surface area contributed by atoms with Gasteiger partial charge in [0.25, 0.3) is 0 Å². The van der Waals surface area contributed by atoms with Crippen LogP contribution in [0.25, 0.3) is 0 Å². The smallest absolute Gasteiger partial charge is 0.316 e. The lowest BCUT2D eigenvalue weighted by Crippen LogP contribution is -2.36. The molecule has 6 N–H and O–H groups in total. The van der Waals surface area contributed by atoms with Gasteiger partial charge in [0.15, 0.2) is 0 Å². The van der Waals surface area contributed by atoms with E-state index >= 15 is 0 Å². The molecule has 1 unspecified atom stereocenters. The van der Waals surface area contributed by atoms with Crippen molar-refractivity contribution in [1.29, 1.82) is 0 Å². The van der Waals surface area contributed by atoms with E-state index in [9.17, 15) is 9.46 Å². The molecule has 0 spiro atoms. The highest BCUT2D eigenvalue weighted by atomic mass is 35.5. The maximum atomic E-state index is 11.3. The Morgan fingerprint density at radius 2 is 1.93 bits per heavy atom. The van der Waals surface area contributed by atoms with Crippen LogP contribution in [0.5, 0.6) is 0 Å². The van der Waals surface area contributed by atoms with Gasteiger partial charge in [-0.3, -0.25) is 5.84 Å². The first-order valence-electron chi connectivity index (χ1n) is 3.59. The summed E-state index contributed by atoms with van der Waals surface area (Å²) in [6, 6.07) is 6.10. The van der Waals surface area contributed by atoms with E-state index < -0.39 is 7.67 Å². The largest absolute Gasteiger partial charge is 0.392 e. The first-order chi connectivity index (χ1) is 6.47. The number of anilines is 1. The van der Waals surface area contributed by atoms with Gasteiger partial charge in [-0.1, -0.05) is 11.6 Å². The van der Waals surface area contributed by atoms with Gasteiger partial charge in [0, 0.05) is 5.02 Å². The van der Waals surface area contributed by atoms with Crippen molar-refractivity contribution in [3.8, 4) is 0 Å². The van der Waals surface area contributed by atoms with Crippen LogP contribution in [0, 0.1) is 0 Å². The van der Waals surface area contributed by atoms with Gasteiger partial charge in [-0.05, 0) is 24.3 Å². The third-order valence-electron chi connectivity index (χ3n) is 1.55. The van der Waals surface area contributed by atoms with E-state index in [1.807, 2.05) is 0 Å². The highest BCUT2D eigenvalue weighted by Gasteiger charge is 2.23. The summed E-state index contributed by atoms with van der Waals surface area (Å²) in [5, 5.41) is 2.24. The molecule has 0 aromatic heterocycles. The van der Waals surface area contributed by atoms with Crippen LogP contribution < -0.4 is 21.7 Å². The number of hydrogen-bond donors (Lipinski definition) is 4. The molecule has 1 atom stereocenters. The molecule has 0 bridgehead atoms. The van der Waals surface area contributed by atoms with Crippen LogP contribution in [0.3, 0.4) is 0 Å². The average Bonchev–Trinajstić information content (AvgIpc) is 2.18. The van der Waals surface area contributed by atoms with E-state index in [0.29, 0.717) is 15.5 Å². The minimum Gasteiger partial charge on any atom is -0.316 e. The summed E-state index contributed by atoms with van der Waals surface area (Å²) in [4.78, 5) is 9.20. The molecule has 0 saturated carbocycles. The normalized spacial score (nSPS) is 14.9. The molecule has 78 valence electrons. The lowest BCUT2D eigenvalue weighted by atomic mass is 10.3. The molecule has 1 rings (SSSR count). The zero-order valence-corrected chi connectivity index (χ0v) is 8.74. The fourth-order valence-corrected chi connectivity index (χ4v) is 1.51. The van der Waals surface area contributed by atoms with Gasteiger partial charge < -0.3 is 4.89 Å². The quantitative estimate of drug-likeness (QED) is 0.348. The fourth-order valence-electron chi connectivity index (χ4n) is 0.813. The van der Waals surface area contributed by atoms with Gasteiger partial charge in [-0.15, -0.1) is 0 Å². The number of nitrogens with two attached hydrogens (primary N) is 2. The Balaban J connectivity index is 2.95. The van der Waals surface area contributed by atoms with Gasteiger partial charge >= 0.3 is 7.67 Å². The van der Waals surface area contributed by atoms with Crippen molar-refractivity contribution in [3.63, 3.8) is 0 Å². The Labute approximate surface area is 85.9 Å². The van der Waals surface area contributed by atoms with Crippen molar-refractivity contribution < 1.29 is 9.46 Å². The van der Waals surface area contributed by atoms with Gasteiger partial charge in [0.1, 0.15) is 0 Å². The van der Waals surface area contributed by atoms with Crippen LogP contribution in [-0.4, -0.2) is 4.89 Å². The Morgan fingerprint density at radius 3 is 2.36 bits per heavy atom. The van der Waals surface area contributed by atoms with E-state index in [4.69, 9.17) is 23.3 Å². The van der Waals surface area contributed by atoms with Crippen LogP contribution in [0.15, 0.2) is 24.3 Å². The zero-order chi connectivity index (χ0) is 10.8. The number of rotatable bonds is 3. The van der Waals surface area contributed by atoms with Gasteiger partial charge in [0.05, 0.1) is 5.69 Å². The van der Waals surface area contributed by atoms with Gasteiger partial charge in [-0.25, -0.2) is 15.2 Å². The van der Waals surface area contributed by atoms with Crippen molar-refractivity contribution in [1.82, 2.24) is 5.20 Å². The second kappa shape index (κ2) is 4.27. The zero-order valence-electron chi connectivity index (χ0n) is 7.09. The third kappa shape index (κ3) is 2.45. The summed E-state index contributed by atoms with van der Waals surface area (Å²) in [5.41, 5.74) is 0.332. The minimum absolute atomic E-state index is 0.332. The molecule has 0 aliphatic carbocycles. The van der Waals surface area contributed by atoms with Crippen molar-refractivity contribution in [2.45, 2.75) is 0 Å². The Bertz CT molecular complexity index is 357. The molecule has 6 nitrogen and oxygen atoms in total. The second-order valence-electron chi connectivity index (χ2n) is 2.49. The Morgan fingerprint density at radius 1 is 1.43 bits per heavy atom. The van der Waals surface area contributed by atoms with Crippen LogP contribution in [0.1, 0.15) is 0 Å². The monoisotopic (exact) mass is 236 g/mol. The average molecular weight is 237 g/mol. The number of nitrogens with one attached hydrogen (secondary N) is 1. The van der Waals surface area contributed by atoms with Crippen LogP contribution in [0.2, 0.25) is 5.02 Å². The fraction of sp³-hybridized carbons (Fsp3) is 0. The van der Waals surface area contributed by atoms with E-state index in [-0.39, 0.29) is 0 Å². The maximum Gasteiger partial charge on any atom is 0.392 e. The molecular weight excluding hydrogens is 227 g/mol. The number of hydrogen-bond acceptors (Lipinski definition) is 3. The standard InChI is InChI=1S/C6H10ClN4O2P/c7-5-1-3-6(4-2-5)11(9)14(12,13)10-8/h1-4H,8-9H2,(H2,10,12,13). The molecule has 0 saturated heterocycles. The Hall–Kier alpha value is -0.620. The first kappa shape index (κ1) is 11.5. The minimum atomic E-state index is -3.91. The SMILES string of the molecule is NNP(=O)(O)N(N)c1ccc(Cl)cc1. The molecule has 0 amide bonds. The molecule has 0 fully saturated rings. The summed E-state index contributed by atoms with van der Waals surface area (Å²) >= 11 is 5.63. The van der Waals surface area contributed by atoms with Crippen LogP contribution in [-0.2, 0) is 4.57 Å². The lowest BCUT2D eigenvalue weighted by molar-refractivity contribution is 0.460. The maximum absolute atomic E-state index is 11.3. The predicted octanol–water partition coefficient (Wildman–Crippen LogP) is 0.584. The first-order valence-corrected chi connectivity index (χ1v) is 5.58. The van der Waals surface area contributed by atoms with Crippen molar-refractivity contribution >= 4 is 25.0 Å². The molecule has 1 aromatic rings. The number of benzene rings is 1. The van der Waals surface area contributed by atoms with Crippen molar-refractivity contribution in [2.24, 2.45) is 11.7 Å². The molecule has 0 aliphatic heterocycles. The molecule has 14 heavy (non-hydrogen) atoms. The van der Waals surface area contributed by atoms with E-state index in [2.05, 4.69) is 0 Å². The van der Waals surface area contributed by atoms with Crippen LogP contribution in [0.4, 0.5) is 5.69 Å². The van der Waals surface area contributed by atoms with Crippen molar-refractivity contribution in [2.75, 3.05) is 4.78 Å². The summed E-state index contributed by atoms with van der Waals surface area (Å²) in [6.45, 7) is 0. The molecule has 0 radical (unpaired) electrons. The summed E-state index contributed by atoms with van der Waals surface area (Å²) in [7, 11) is -3.91. The molecular formula is C6H10ClN4O2P. The van der Waals surface area contributed by atoms with E-state index in [0.717, 1.165) is 0 Å². The summed E-state index contributed by atoms with van der Waals surface area (Å²) in [6.07, 6.45) is 0. The topological polar surface area (TPSA) is 105 Å². The van der Waals surface area contributed by atoms with Gasteiger partial charge in [-0.2, -0.15) is 5.20 Å². The molecule has 8 heteroatoms. The van der Waals surface area contributed by atoms with Crippen molar-refractivity contribution in [3.05, 3.63) is 29.3 Å². The third-order valence-corrected chi connectivity index (χ3v) is 2.95. The number of nitrogens with zero attached hydrogens (tertiary/aromatic N) is 1. The van der Waals surface area contributed by atoms with Gasteiger partial charge in [0.2, 0.25) is 0 Å². The number of halogens is 1. The molecule has 1 aromatic carbocycles. The van der Waals surface area contributed by atoms with E-state index in [1.54, 1.807) is 17.3 Å². The second-order valence-corrected chi connectivity index (χ2v) is 4.71. The summed E-state index contributed by atoms with van der Waals surface area (Å²) in [5.74, 6) is 10.2. The van der Waals surface area contributed by atoms with E-state index in [1.165, 1.54) is 12.1 Å². The Kier molecular flexibility index (Phi) is 3.49. The van der Waals surface area contributed by atoms with Crippen LogP contribution >= 0.6 is 19.3 Å².